The van der Waals surface area contributed by atoms with Gasteiger partial charge in [-0.05, 0) is 13.0 Å². The first-order valence-corrected chi connectivity index (χ1v) is 6.36. The molecule has 2 N–H and O–H groups in total. The zero-order chi connectivity index (χ0) is 14.1. The molecule has 0 saturated carbocycles. The van der Waals surface area contributed by atoms with Gasteiger partial charge < -0.3 is 24.6 Å². The summed E-state index contributed by atoms with van der Waals surface area (Å²) < 4.78 is 15.7. The smallest absolute Gasteiger partial charge is 0.127 e. The SMILES string of the molecule is COc1ccc(C(C)NCCOCCO)c(OC)c1. The van der Waals surface area contributed by atoms with Crippen molar-refractivity contribution in [3.8, 4) is 11.5 Å². The van der Waals surface area contributed by atoms with Crippen LogP contribution < -0.4 is 14.8 Å². The van der Waals surface area contributed by atoms with Crippen LogP contribution >= 0.6 is 0 Å². The van der Waals surface area contributed by atoms with Gasteiger partial charge in [-0.25, -0.2) is 0 Å². The molecule has 19 heavy (non-hydrogen) atoms. The Morgan fingerprint density at radius 3 is 2.63 bits per heavy atom. The Balaban J connectivity index is 2.53. The van der Waals surface area contributed by atoms with Crippen molar-refractivity contribution in [3.63, 3.8) is 0 Å². The van der Waals surface area contributed by atoms with Crippen LogP contribution in [-0.2, 0) is 4.74 Å². The summed E-state index contributed by atoms with van der Waals surface area (Å²) in [4.78, 5) is 0. The third kappa shape index (κ3) is 5.06. The summed E-state index contributed by atoms with van der Waals surface area (Å²) in [6.07, 6.45) is 0. The van der Waals surface area contributed by atoms with E-state index in [1.165, 1.54) is 0 Å². The maximum absolute atomic E-state index is 8.60. The summed E-state index contributed by atoms with van der Waals surface area (Å²) in [5.74, 6) is 1.58. The van der Waals surface area contributed by atoms with E-state index >= 15 is 0 Å². The Labute approximate surface area is 114 Å². The molecule has 0 aromatic heterocycles. The summed E-state index contributed by atoms with van der Waals surface area (Å²) in [6.45, 7) is 3.79. The fourth-order valence-corrected chi connectivity index (χ4v) is 1.80. The second kappa shape index (κ2) is 8.74. The lowest BCUT2D eigenvalue weighted by atomic mass is 10.1. The van der Waals surface area contributed by atoms with Gasteiger partial charge in [-0.15, -0.1) is 0 Å². The first-order chi connectivity index (χ1) is 9.22. The molecule has 1 aromatic carbocycles. The predicted octanol–water partition coefficient (Wildman–Crippen LogP) is 1.36. The number of nitrogens with one attached hydrogen (secondary N) is 1. The van der Waals surface area contributed by atoms with Gasteiger partial charge >= 0.3 is 0 Å². The van der Waals surface area contributed by atoms with Crippen LogP contribution in [0.4, 0.5) is 0 Å². The third-order valence-electron chi connectivity index (χ3n) is 2.84. The molecule has 1 aromatic rings. The summed E-state index contributed by atoms with van der Waals surface area (Å²) in [5.41, 5.74) is 1.07. The average Bonchev–Trinajstić information content (AvgIpc) is 2.46. The average molecular weight is 269 g/mol. The number of benzene rings is 1. The number of methoxy groups -OCH3 is 2. The highest BCUT2D eigenvalue weighted by Gasteiger charge is 2.11. The lowest BCUT2D eigenvalue weighted by Crippen LogP contribution is -2.24. The van der Waals surface area contributed by atoms with Gasteiger partial charge in [-0.1, -0.05) is 6.07 Å². The summed E-state index contributed by atoms with van der Waals surface area (Å²) in [7, 11) is 3.28. The molecule has 1 atom stereocenters. The van der Waals surface area contributed by atoms with Crippen molar-refractivity contribution in [2.45, 2.75) is 13.0 Å². The molecule has 0 spiro atoms. The monoisotopic (exact) mass is 269 g/mol. The molecule has 0 aliphatic heterocycles. The number of hydrogen-bond donors (Lipinski definition) is 2. The molecule has 0 aliphatic carbocycles. The van der Waals surface area contributed by atoms with Crippen LogP contribution in [0.1, 0.15) is 18.5 Å². The number of hydrogen-bond acceptors (Lipinski definition) is 5. The summed E-state index contributed by atoms with van der Waals surface area (Å²) >= 11 is 0. The van der Waals surface area contributed by atoms with Crippen LogP contribution in [0.2, 0.25) is 0 Å². The van der Waals surface area contributed by atoms with Crippen LogP contribution in [0.25, 0.3) is 0 Å². The molecule has 108 valence electrons. The van der Waals surface area contributed by atoms with Crippen LogP contribution in [-0.4, -0.2) is 45.7 Å². The Morgan fingerprint density at radius 1 is 1.21 bits per heavy atom. The van der Waals surface area contributed by atoms with Crippen molar-refractivity contribution < 1.29 is 19.3 Å². The predicted molar refractivity (Wildman–Crippen MR) is 73.9 cm³/mol. The molecular formula is C14H23NO4. The number of rotatable bonds is 9. The van der Waals surface area contributed by atoms with Crippen molar-refractivity contribution in [2.75, 3.05) is 40.6 Å². The fraction of sp³-hybridized carbons (Fsp3) is 0.571. The van der Waals surface area contributed by atoms with Crippen LogP contribution in [0.5, 0.6) is 11.5 Å². The lowest BCUT2D eigenvalue weighted by Gasteiger charge is -2.18. The van der Waals surface area contributed by atoms with Gasteiger partial charge in [0.05, 0.1) is 34.0 Å². The number of ether oxygens (including phenoxy) is 3. The van der Waals surface area contributed by atoms with Gasteiger partial charge in [0.1, 0.15) is 11.5 Å². The molecule has 1 unspecified atom stereocenters. The molecule has 0 radical (unpaired) electrons. The Morgan fingerprint density at radius 2 is 2.00 bits per heavy atom. The van der Waals surface area contributed by atoms with Gasteiger partial charge in [-0.3, -0.25) is 0 Å². The van der Waals surface area contributed by atoms with Crippen molar-refractivity contribution in [2.24, 2.45) is 0 Å². The minimum atomic E-state index is 0.0574. The van der Waals surface area contributed by atoms with E-state index in [9.17, 15) is 0 Å². The van der Waals surface area contributed by atoms with Gasteiger partial charge in [0, 0.05) is 24.2 Å². The van der Waals surface area contributed by atoms with Crippen LogP contribution in [0, 0.1) is 0 Å². The van der Waals surface area contributed by atoms with E-state index in [1.807, 2.05) is 18.2 Å². The zero-order valence-electron chi connectivity index (χ0n) is 11.8. The van der Waals surface area contributed by atoms with Crippen molar-refractivity contribution in [1.29, 1.82) is 0 Å². The molecule has 5 nitrogen and oxygen atoms in total. The normalized spacial score (nSPS) is 12.2. The first-order valence-electron chi connectivity index (χ1n) is 6.36. The quantitative estimate of drug-likeness (QED) is 0.663. The van der Waals surface area contributed by atoms with E-state index in [0.717, 1.165) is 23.6 Å². The van der Waals surface area contributed by atoms with E-state index in [-0.39, 0.29) is 12.6 Å². The van der Waals surface area contributed by atoms with E-state index in [2.05, 4.69) is 12.2 Å². The molecular weight excluding hydrogens is 246 g/mol. The second-order valence-corrected chi connectivity index (χ2v) is 4.12. The largest absolute Gasteiger partial charge is 0.497 e. The van der Waals surface area contributed by atoms with Gasteiger partial charge in [-0.2, -0.15) is 0 Å². The van der Waals surface area contributed by atoms with Crippen LogP contribution in [0.3, 0.4) is 0 Å². The van der Waals surface area contributed by atoms with Crippen molar-refractivity contribution >= 4 is 0 Å². The minimum absolute atomic E-state index is 0.0574. The third-order valence-corrected chi connectivity index (χ3v) is 2.84. The van der Waals surface area contributed by atoms with Gasteiger partial charge in [0.15, 0.2) is 0 Å². The molecule has 0 bridgehead atoms. The van der Waals surface area contributed by atoms with E-state index in [0.29, 0.717) is 13.2 Å². The van der Waals surface area contributed by atoms with E-state index < -0.39 is 0 Å². The highest BCUT2D eigenvalue weighted by Crippen LogP contribution is 2.29. The molecule has 1 rings (SSSR count). The Hall–Kier alpha value is -1.30. The molecule has 0 aliphatic rings. The van der Waals surface area contributed by atoms with Crippen molar-refractivity contribution in [1.82, 2.24) is 5.32 Å². The topological polar surface area (TPSA) is 60.0 Å². The zero-order valence-corrected chi connectivity index (χ0v) is 11.8. The van der Waals surface area contributed by atoms with Gasteiger partial charge in [0.2, 0.25) is 0 Å². The lowest BCUT2D eigenvalue weighted by molar-refractivity contribution is 0.0928. The second-order valence-electron chi connectivity index (χ2n) is 4.12. The maximum atomic E-state index is 8.60. The summed E-state index contributed by atoms with van der Waals surface area (Å²) in [6, 6.07) is 5.93. The standard InChI is InChI=1S/C14H23NO4/c1-11(15-6-8-19-9-7-16)13-5-4-12(17-2)10-14(13)18-3/h4-5,10-11,15-16H,6-9H2,1-3H3. The summed E-state index contributed by atoms with van der Waals surface area (Å²) in [5, 5.41) is 11.9. The number of aliphatic hydroxyl groups is 1. The highest BCUT2D eigenvalue weighted by atomic mass is 16.5. The first kappa shape index (κ1) is 15.8. The molecule has 0 saturated heterocycles. The highest BCUT2D eigenvalue weighted by molar-refractivity contribution is 5.42. The van der Waals surface area contributed by atoms with Crippen LogP contribution in [0.15, 0.2) is 18.2 Å². The molecule has 0 heterocycles. The molecule has 0 amide bonds. The maximum Gasteiger partial charge on any atom is 0.127 e. The minimum Gasteiger partial charge on any atom is -0.497 e. The Bertz CT molecular complexity index is 370. The fourth-order valence-electron chi connectivity index (χ4n) is 1.80. The van der Waals surface area contributed by atoms with E-state index in [4.69, 9.17) is 19.3 Å². The molecule has 5 heteroatoms. The van der Waals surface area contributed by atoms with Crippen molar-refractivity contribution in [3.05, 3.63) is 23.8 Å². The Kier molecular flexibility index (Phi) is 7.25. The number of aliphatic hydroxyl groups excluding tert-OH is 1. The van der Waals surface area contributed by atoms with Gasteiger partial charge in [0.25, 0.3) is 0 Å². The van der Waals surface area contributed by atoms with E-state index in [1.54, 1.807) is 14.2 Å². The molecule has 0 fully saturated rings.